The Labute approximate surface area is 110 Å². The number of ketones is 2. The molecule has 0 aromatic heterocycles. The van der Waals surface area contributed by atoms with Crippen LogP contribution in [0.5, 0.6) is 0 Å². The van der Waals surface area contributed by atoms with Crippen molar-refractivity contribution in [2.24, 2.45) is 11.7 Å². The van der Waals surface area contributed by atoms with Gasteiger partial charge in [-0.05, 0) is 5.92 Å². The lowest BCUT2D eigenvalue weighted by molar-refractivity contribution is -0.154. The van der Waals surface area contributed by atoms with Gasteiger partial charge in [0.2, 0.25) is 11.6 Å². The molecule has 0 amide bonds. The number of hydrogen-bond donors (Lipinski definition) is 6. The number of aliphatic hydroxyl groups excluding tert-OH is 5. The van der Waals surface area contributed by atoms with E-state index in [2.05, 4.69) is 0 Å². The largest absolute Gasteiger partial charge is 0.394 e. The maximum Gasteiger partial charge on any atom is 0.232 e. The number of nitrogens with two attached hydrogens (primary N) is 1. The molecule has 8 heteroatoms. The summed E-state index contributed by atoms with van der Waals surface area (Å²) in [6.07, 6.45) is -7.76. The first-order chi connectivity index (χ1) is 8.64. The van der Waals surface area contributed by atoms with Gasteiger partial charge in [-0.2, -0.15) is 0 Å². The summed E-state index contributed by atoms with van der Waals surface area (Å²) >= 11 is 0. The molecule has 0 aliphatic heterocycles. The van der Waals surface area contributed by atoms with Crippen LogP contribution in [0.4, 0.5) is 0 Å². The topological polar surface area (TPSA) is 161 Å². The van der Waals surface area contributed by atoms with Gasteiger partial charge in [0.05, 0.1) is 6.61 Å². The van der Waals surface area contributed by atoms with Gasteiger partial charge in [0, 0.05) is 6.04 Å². The predicted molar refractivity (Wildman–Crippen MR) is 63.9 cm³/mol. The van der Waals surface area contributed by atoms with Gasteiger partial charge in [-0.3, -0.25) is 9.59 Å². The number of aliphatic hydroxyl groups is 5. The normalized spacial score (nSPS) is 19.6. The highest BCUT2D eigenvalue weighted by atomic mass is 16.4. The maximum atomic E-state index is 11.5. The van der Waals surface area contributed by atoms with Crippen LogP contribution in [-0.2, 0) is 9.59 Å². The van der Waals surface area contributed by atoms with Crippen LogP contribution in [-0.4, -0.2) is 74.2 Å². The molecule has 0 bridgehead atoms. The molecule has 0 aromatic rings. The lowest BCUT2D eigenvalue weighted by Crippen LogP contribution is -2.53. The molecule has 7 N–H and O–H groups in total. The summed E-state index contributed by atoms with van der Waals surface area (Å²) in [5.74, 6) is -3.21. The highest BCUT2D eigenvalue weighted by molar-refractivity contribution is 6.40. The van der Waals surface area contributed by atoms with Crippen molar-refractivity contribution in [1.82, 2.24) is 0 Å². The van der Waals surface area contributed by atoms with Crippen LogP contribution in [0.25, 0.3) is 0 Å². The minimum absolute atomic E-state index is 0.250. The van der Waals surface area contributed by atoms with Crippen LogP contribution in [0, 0.1) is 5.92 Å². The zero-order valence-corrected chi connectivity index (χ0v) is 10.8. The van der Waals surface area contributed by atoms with Crippen LogP contribution < -0.4 is 5.73 Å². The summed E-state index contributed by atoms with van der Waals surface area (Å²) in [4.78, 5) is 22.9. The van der Waals surface area contributed by atoms with E-state index in [1.54, 1.807) is 13.8 Å². The first-order valence-electron chi connectivity index (χ1n) is 5.81. The summed E-state index contributed by atoms with van der Waals surface area (Å²) in [7, 11) is 0. The van der Waals surface area contributed by atoms with Crippen LogP contribution in [0.15, 0.2) is 0 Å². The van der Waals surface area contributed by atoms with Gasteiger partial charge >= 0.3 is 0 Å². The quantitative estimate of drug-likeness (QED) is 0.250. The molecule has 0 aliphatic carbocycles. The number of carbonyl (C=O) groups is 2. The third kappa shape index (κ3) is 4.60. The Balaban J connectivity index is 4.77. The van der Waals surface area contributed by atoms with E-state index in [4.69, 9.17) is 15.9 Å². The molecule has 0 fully saturated rings. The third-order valence-corrected chi connectivity index (χ3v) is 2.82. The Hall–Kier alpha value is -0.900. The van der Waals surface area contributed by atoms with Crippen molar-refractivity contribution in [3.8, 4) is 0 Å². The minimum atomic E-state index is -2.16. The summed E-state index contributed by atoms with van der Waals surface area (Å²) in [6.45, 7) is 2.37. The molecule has 0 saturated heterocycles. The second-order valence-corrected chi connectivity index (χ2v) is 4.68. The molecule has 0 spiro atoms. The minimum Gasteiger partial charge on any atom is -0.394 e. The molecule has 0 radical (unpaired) electrons. The molecule has 112 valence electrons. The standard InChI is InChI=1S/C11H21NO7/c1-4(2)6(12)8(16)10(18)11(19)9(17)7(15)5(14)3-13/h4-8,10,13-16,18H,3,12H2,1-2H3/t5-,6+,7-,8?,10?/m1/s1. The van der Waals surface area contributed by atoms with Gasteiger partial charge in [-0.25, -0.2) is 0 Å². The Morgan fingerprint density at radius 3 is 1.79 bits per heavy atom. The molecule has 0 saturated carbocycles. The Kier molecular flexibility index (Phi) is 7.27. The van der Waals surface area contributed by atoms with E-state index in [-0.39, 0.29) is 5.92 Å². The van der Waals surface area contributed by atoms with Crippen LogP contribution in [0.1, 0.15) is 13.8 Å². The van der Waals surface area contributed by atoms with Gasteiger partial charge in [0.25, 0.3) is 0 Å². The molecular formula is C11H21NO7. The van der Waals surface area contributed by atoms with Crippen molar-refractivity contribution in [3.63, 3.8) is 0 Å². The van der Waals surface area contributed by atoms with Crippen LogP contribution in [0.2, 0.25) is 0 Å². The zero-order chi connectivity index (χ0) is 15.3. The van der Waals surface area contributed by atoms with E-state index in [1.807, 2.05) is 0 Å². The van der Waals surface area contributed by atoms with Crippen molar-refractivity contribution in [2.75, 3.05) is 6.61 Å². The highest BCUT2D eigenvalue weighted by Crippen LogP contribution is 2.10. The summed E-state index contributed by atoms with van der Waals surface area (Å²) in [5, 5.41) is 45.9. The van der Waals surface area contributed by atoms with Gasteiger partial charge in [-0.15, -0.1) is 0 Å². The fourth-order valence-corrected chi connectivity index (χ4v) is 1.33. The molecule has 0 rings (SSSR count). The second-order valence-electron chi connectivity index (χ2n) is 4.68. The highest BCUT2D eigenvalue weighted by Gasteiger charge is 2.38. The first-order valence-corrected chi connectivity index (χ1v) is 5.81. The summed E-state index contributed by atoms with van der Waals surface area (Å²) < 4.78 is 0. The van der Waals surface area contributed by atoms with Crippen molar-refractivity contribution >= 4 is 11.6 Å². The van der Waals surface area contributed by atoms with Crippen molar-refractivity contribution in [3.05, 3.63) is 0 Å². The Bertz CT molecular complexity index is 320. The summed E-state index contributed by atoms with van der Waals surface area (Å²) in [5.41, 5.74) is 5.54. The molecule has 0 aromatic carbocycles. The molecule has 2 unspecified atom stereocenters. The molecule has 0 heterocycles. The van der Waals surface area contributed by atoms with E-state index in [1.165, 1.54) is 0 Å². The lowest BCUT2D eigenvalue weighted by Gasteiger charge is -2.26. The number of carbonyl (C=O) groups excluding carboxylic acids is 2. The molecule has 5 atom stereocenters. The van der Waals surface area contributed by atoms with E-state index in [9.17, 15) is 24.9 Å². The number of hydrogen-bond acceptors (Lipinski definition) is 8. The van der Waals surface area contributed by atoms with Gasteiger partial charge in [0.15, 0.2) is 0 Å². The van der Waals surface area contributed by atoms with Gasteiger partial charge < -0.3 is 31.3 Å². The van der Waals surface area contributed by atoms with E-state index in [0.29, 0.717) is 0 Å². The predicted octanol–water partition coefficient (Wildman–Crippen LogP) is -3.46. The maximum absolute atomic E-state index is 11.5. The first kappa shape index (κ1) is 18.1. The zero-order valence-electron chi connectivity index (χ0n) is 10.8. The fourth-order valence-electron chi connectivity index (χ4n) is 1.33. The van der Waals surface area contributed by atoms with E-state index < -0.39 is 48.6 Å². The van der Waals surface area contributed by atoms with Crippen molar-refractivity contribution in [1.29, 1.82) is 0 Å². The lowest BCUT2D eigenvalue weighted by atomic mass is 9.91. The fraction of sp³-hybridized carbons (Fsp3) is 0.818. The van der Waals surface area contributed by atoms with Crippen molar-refractivity contribution < 1.29 is 35.1 Å². The average molecular weight is 279 g/mol. The molecule has 19 heavy (non-hydrogen) atoms. The van der Waals surface area contributed by atoms with Crippen molar-refractivity contribution in [2.45, 2.75) is 44.3 Å². The monoisotopic (exact) mass is 279 g/mol. The molecular weight excluding hydrogens is 258 g/mol. The number of rotatable bonds is 8. The Morgan fingerprint density at radius 1 is 1.00 bits per heavy atom. The SMILES string of the molecule is CC(C)[C@H](N)C(O)C(O)C(=O)C(=O)[C@H](O)[C@H](O)CO. The van der Waals surface area contributed by atoms with E-state index >= 15 is 0 Å². The number of Topliss-reactive ketones (excluding diaryl/α,β-unsaturated/α-hetero) is 2. The average Bonchev–Trinajstić information content (AvgIpc) is 2.40. The van der Waals surface area contributed by atoms with E-state index in [0.717, 1.165) is 0 Å². The van der Waals surface area contributed by atoms with Gasteiger partial charge in [-0.1, -0.05) is 13.8 Å². The summed E-state index contributed by atoms with van der Waals surface area (Å²) in [6, 6.07) is -0.938. The smallest absolute Gasteiger partial charge is 0.232 e. The molecule has 0 aliphatic rings. The van der Waals surface area contributed by atoms with Crippen LogP contribution in [0.3, 0.4) is 0 Å². The third-order valence-electron chi connectivity index (χ3n) is 2.82. The second kappa shape index (κ2) is 7.63. The van der Waals surface area contributed by atoms with Gasteiger partial charge in [0.1, 0.15) is 24.4 Å². The molecule has 8 nitrogen and oxygen atoms in total. The Morgan fingerprint density at radius 2 is 1.42 bits per heavy atom. The van der Waals surface area contributed by atoms with Crippen LogP contribution >= 0.6 is 0 Å².